The Morgan fingerprint density at radius 1 is 1.47 bits per heavy atom. The first-order valence-electron chi connectivity index (χ1n) is 6.17. The number of fused-ring (bicyclic) bond motifs is 1. The first-order chi connectivity index (χ1) is 8.20. The molecule has 0 amide bonds. The number of methoxy groups -OCH3 is 1. The van der Waals surface area contributed by atoms with Crippen molar-refractivity contribution in [2.45, 2.75) is 38.4 Å². The van der Waals surface area contributed by atoms with Gasteiger partial charge in [-0.2, -0.15) is 0 Å². The van der Waals surface area contributed by atoms with E-state index >= 15 is 0 Å². The smallest absolute Gasteiger partial charge is 0.119 e. The zero-order valence-corrected chi connectivity index (χ0v) is 10.5. The Hall–Kier alpha value is -1.06. The minimum Gasteiger partial charge on any atom is -0.491 e. The van der Waals surface area contributed by atoms with Gasteiger partial charge in [-0.25, -0.2) is 0 Å². The van der Waals surface area contributed by atoms with Crippen molar-refractivity contribution in [3.05, 3.63) is 29.3 Å². The van der Waals surface area contributed by atoms with Crippen molar-refractivity contribution in [1.29, 1.82) is 0 Å². The fourth-order valence-corrected chi connectivity index (χ4v) is 2.12. The maximum absolute atomic E-state index is 9.93. The molecule has 3 nitrogen and oxygen atoms in total. The van der Waals surface area contributed by atoms with Gasteiger partial charge in [-0.05, 0) is 49.4 Å². The summed E-state index contributed by atoms with van der Waals surface area (Å²) in [6.07, 6.45) is 2.72. The van der Waals surface area contributed by atoms with Gasteiger partial charge in [-0.15, -0.1) is 0 Å². The Kier molecular flexibility index (Phi) is 4.02. The first-order valence-corrected chi connectivity index (χ1v) is 6.17. The average molecular weight is 236 g/mol. The molecule has 1 N–H and O–H groups in total. The maximum atomic E-state index is 9.93. The summed E-state index contributed by atoms with van der Waals surface area (Å²) in [7, 11) is 1.67. The van der Waals surface area contributed by atoms with E-state index in [1.54, 1.807) is 7.11 Å². The Balaban J connectivity index is 2.07. The molecule has 2 rings (SSSR count). The number of benzene rings is 1. The van der Waals surface area contributed by atoms with Crippen LogP contribution in [0, 0.1) is 0 Å². The van der Waals surface area contributed by atoms with Crippen LogP contribution in [0.2, 0.25) is 0 Å². The summed E-state index contributed by atoms with van der Waals surface area (Å²) in [5, 5.41) is 9.93. The molecule has 94 valence electrons. The largest absolute Gasteiger partial charge is 0.491 e. The van der Waals surface area contributed by atoms with Crippen LogP contribution < -0.4 is 4.74 Å². The van der Waals surface area contributed by atoms with Gasteiger partial charge in [-0.3, -0.25) is 0 Å². The second-order valence-electron chi connectivity index (χ2n) is 4.63. The van der Waals surface area contributed by atoms with Crippen molar-refractivity contribution >= 4 is 0 Å². The second kappa shape index (κ2) is 5.52. The van der Waals surface area contributed by atoms with Gasteiger partial charge in [0.1, 0.15) is 12.4 Å². The Morgan fingerprint density at radius 2 is 2.29 bits per heavy atom. The fraction of sp³-hybridized carbons (Fsp3) is 0.571. The van der Waals surface area contributed by atoms with Crippen LogP contribution in [-0.2, 0) is 11.2 Å². The normalized spacial score (nSPS) is 20.8. The standard InChI is InChI=1S/C14H20O3/c1-10(16-2)9-17-12-7-6-11-4-3-5-14(15)13(11)8-12/h6-8,10,14-15H,3-5,9H2,1-2H3/t10?,14-/m0/s1. The molecule has 0 aromatic heterocycles. The van der Waals surface area contributed by atoms with Gasteiger partial charge in [0.2, 0.25) is 0 Å². The number of ether oxygens (including phenoxy) is 2. The van der Waals surface area contributed by atoms with Crippen LogP contribution in [0.1, 0.15) is 37.0 Å². The monoisotopic (exact) mass is 236 g/mol. The van der Waals surface area contributed by atoms with E-state index in [1.165, 1.54) is 5.56 Å². The zero-order chi connectivity index (χ0) is 12.3. The minimum absolute atomic E-state index is 0.0796. The molecule has 3 heteroatoms. The Morgan fingerprint density at radius 3 is 3.06 bits per heavy atom. The molecule has 0 fully saturated rings. The highest BCUT2D eigenvalue weighted by Crippen LogP contribution is 2.32. The van der Waals surface area contributed by atoms with E-state index in [0.29, 0.717) is 6.61 Å². The van der Waals surface area contributed by atoms with E-state index in [-0.39, 0.29) is 12.2 Å². The summed E-state index contributed by atoms with van der Waals surface area (Å²) in [6.45, 7) is 2.50. The number of aliphatic hydroxyl groups is 1. The SMILES string of the molecule is COC(C)COc1ccc2c(c1)[C@@H](O)CCC2. The third kappa shape index (κ3) is 2.99. The van der Waals surface area contributed by atoms with Crippen LogP contribution >= 0.6 is 0 Å². The molecule has 1 aliphatic rings. The highest BCUT2D eigenvalue weighted by molar-refractivity contribution is 5.38. The highest BCUT2D eigenvalue weighted by atomic mass is 16.5. The number of rotatable bonds is 4. The summed E-state index contributed by atoms with van der Waals surface area (Å²) in [4.78, 5) is 0. The lowest BCUT2D eigenvalue weighted by Gasteiger charge is -2.22. The molecule has 0 aliphatic heterocycles. The number of aryl methyl sites for hydroxylation is 1. The van der Waals surface area contributed by atoms with Crippen LogP contribution in [0.25, 0.3) is 0 Å². The van der Waals surface area contributed by atoms with Gasteiger partial charge in [0.15, 0.2) is 0 Å². The molecule has 1 aromatic rings. The Bertz CT molecular complexity index is 376. The van der Waals surface area contributed by atoms with Gasteiger partial charge < -0.3 is 14.6 Å². The fourth-order valence-electron chi connectivity index (χ4n) is 2.12. The van der Waals surface area contributed by atoms with E-state index < -0.39 is 0 Å². The van der Waals surface area contributed by atoms with Crippen LogP contribution in [0.5, 0.6) is 5.75 Å². The molecule has 1 unspecified atom stereocenters. The van der Waals surface area contributed by atoms with Gasteiger partial charge in [0.05, 0.1) is 12.2 Å². The van der Waals surface area contributed by atoms with E-state index in [4.69, 9.17) is 9.47 Å². The lowest BCUT2D eigenvalue weighted by molar-refractivity contribution is 0.0714. The van der Waals surface area contributed by atoms with Crippen LogP contribution in [0.3, 0.4) is 0 Å². The first kappa shape index (κ1) is 12.4. The van der Waals surface area contributed by atoms with Crippen molar-refractivity contribution < 1.29 is 14.6 Å². The van der Waals surface area contributed by atoms with E-state index in [1.807, 2.05) is 19.1 Å². The summed E-state index contributed by atoms with van der Waals surface area (Å²) < 4.78 is 10.8. The molecule has 2 atom stereocenters. The number of hydrogen-bond acceptors (Lipinski definition) is 3. The molecule has 0 bridgehead atoms. The minimum atomic E-state index is -0.331. The van der Waals surface area contributed by atoms with Crippen molar-refractivity contribution in [3.63, 3.8) is 0 Å². The lowest BCUT2D eigenvalue weighted by Crippen LogP contribution is -2.16. The van der Waals surface area contributed by atoms with Crippen molar-refractivity contribution in [2.75, 3.05) is 13.7 Å². The summed E-state index contributed by atoms with van der Waals surface area (Å²) in [6, 6.07) is 5.99. The third-order valence-electron chi connectivity index (χ3n) is 3.29. The molecule has 1 aliphatic carbocycles. The maximum Gasteiger partial charge on any atom is 0.119 e. The highest BCUT2D eigenvalue weighted by Gasteiger charge is 2.18. The predicted octanol–water partition coefficient (Wildman–Crippen LogP) is 2.47. The van der Waals surface area contributed by atoms with Gasteiger partial charge in [-0.1, -0.05) is 6.07 Å². The molecule has 0 saturated heterocycles. The molecule has 17 heavy (non-hydrogen) atoms. The molecule has 0 heterocycles. The molecular formula is C14H20O3. The Labute approximate surface area is 102 Å². The van der Waals surface area contributed by atoms with Gasteiger partial charge in [0, 0.05) is 7.11 Å². The van der Waals surface area contributed by atoms with Crippen molar-refractivity contribution in [2.24, 2.45) is 0 Å². The summed E-state index contributed by atoms with van der Waals surface area (Å²) >= 11 is 0. The summed E-state index contributed by atoms with van der Waals surface area (Å²) in [5.41, 5.74) is 2.27. The van der Waals surface area contributed by atoms with Gasteiger partial charge >= 0.3 is 0 Å². The van der Waals surface area contributed by atoms with E-state index in [0.717, 1.165) is 30.6 Å². The molecule has 1 aromatic carbocycles. The molecular weight excluding hydrogens is 216 g/mol. The van der Waals surface area contributed by atoms with E-state index in [9.17, 15) is 5.11 Å². The van der Waals surface area contributed by atoms with Crippen molar-refractivity contribution in [1.82, 2.24) is 0 Å². The van der Waals surface area contributed by atoms with Crippen LogP contribution in [0.4, 0.5) is 0 Å². The van der Waals surface area contributed by atoms with Crippen LogP contribution in [0.15, 0.2) is 18.2 Å². The van der Waals surface area contributed by atoms with Crippen LogP contribution in [-0.4, -0.2) is 24.9 Å². The van der Waals surface area contributed by atoms with Crippen molar-refractivity contribution in [3.8, 4) is 5.75 Å². The second-order valence-corrected chi connectivity index (χ2v) is 4.63. The quantitative estimate of drug-likeness (QED) is 0.872. The zero-order valence-electron chi connectivity index (χ0n) is 10.5. The topological polar surface area (TPSA) is 38.7 Å². The molecule has 0 saturated carbocycles. The lowest BCUT2D eigenvalue weighted by atomic mass is 9.89. The predicted molar refractivity (Wildman–Crippen MR) is 66.3 cm³/mol. The molecule has 0 radical (unpaired) electrons. The number of aliphatic hydroxyl groups excluding tert-OH is 1. The number of hydrogen-bond donors (Lipinski definition) is 1. The van der Waals surface area contributed by atoms with E-state index in [2.05, 4.69) is 6.07 Å². The van der Waals surface area contributed by atoms with Gasteiger partial charge in [0.25, 0.3) is 0 Å². The molecule has 0 spiro atoms. The average Bonchev–Trinajstić information content (AvgIpc) is 2.36. The summed E-state index contributed by atoms with van der Waals surface area (Å²) in [5.74, 6) is 0.814. The third-order valence-corrected chi connectivity index (χ3v) is 3.29.